The number of carbonyl (C=O) groups is 2. The molecule has 0 unspecified atom stereocenters. The van der Waals surface area contributed by atoms with Crippen LogP contribution in [-0.4, -0.2) is 44.0 Å². The van der Waals surface area contributed by atoms with Gasteiger partial charge in [0.25, 0.3) is 0 Å². The van der Waals surface area contributed by atoms with E-state index < -0.39 is 11.8 Å². The molecule has 0 spiro atoms. The molecule has 0 bridgehead atoms. The molecule has 2 heterocycles. The number of ether oxygens (including phenoxy) is 1. The highest BCUT2D eigenvalue weighted by molar-refractivity contribution is 7.09. The highest BCUT2D eigenvalue weighted by atomic mass is 32.1. The number of carbonyl (C=O) groups excluding carboxylic acids is 2. The lowest BCUT2D eigenvalue weighted by Crippen LogP contribution is -2.42. The van der Waals surface area contributed by atoms with Gasteiger partial charge in [0.15, 0.2) is 0 Å². The van der Waals surface area contributed by atoms with Gasteiger partial charge in [-0.3, -0.25) is 9.59 Å². The van der Waals surface area contributed by atoms with Crippen molar-refractivity contribution < 1.29 is 14.3 Å². The number of likely N-dealkylation sites (N-methyl/N-ethyl adjacent to an activating group) is 1. The maximum absolute atomic E-state index is 12.1. The molecule has 26 heavy (non-hydrogen) atoms. The Hall–Kier alpha value is -2.38. The van der Waals surface area contributed by atoms with Gasteiger partial charge in [0.05, 0.1) is 19.2 Å². The van der Waals surface area contributed by atoms with Crippen molar-refractivity contribution in [3.05, 3.63) is 51.7 Å². The lowest BCUT2D eigenvalue weighted by Gasteiger charge is -2.25. The zero-order valence-electron chi connectivity index (χ0n) is 15.0. The van der Waals surface area contributed by atoms with Crippen molar-refractivity contribution in [2.24, 2.45) is 0 Å². The Labute approximate surface area is 157 Å². The van der Waals surface area contributed by atoms with E-state index in [2.05, 4.69) is 16.7 Å². The lowest BCUT2D eigenvalue weighted by molar-refractivity contribution is -0.139. The maximum atomic E-state index is 12.1. The fourth-order valence-electron chi connectivity index (χ4n) is 2.94. The molecule has 0 radical (unpaired) electrons. The molecule has 1 aromatic carbocycles. The van der Waals surface area contributed by atoms with Gasteiger partial charge in [-0.15, -0.1) is 11.3 Å². The van der Waals surface area contributed by atoms with Crippen LogP contribution in [0.4, 0.5) is 0 Å². The van der Waals surface area contributed by atoms with Crippen molar-refractivity contribution in [3.63, 3.8) is 0 Å². The van der Waals surface area contributed by atoms with Gasteiger partial charge < -0.3 is 20.3 Å². The molecular formula is C19H23N3O3S. The van der Waals surface area contributed by atoms with E-state index in [1.54, 1.807) is 11.3 Å². The second-order valence-corrected chi connectivity index (χ2v) is 7.45. The number of hydrogen-bond acceptors (Lipinski definition) is 5. The third-order valence-corrected chi connectivity index (χ3v) is 5.26. The van der Waals surface area contributed by atoms with E-state index in [0.29, 0.717) is 19.7 Å². The van der Waals surface area contributed by atoms with E-state index in [4.69, 9.17) is 4.74 Å². The Morgan fingerprint density at radius 1 is 1.23 bits per heavy atom. The summed E-state index contributed by atoms with van der Waals surface area (Å²) in [6, 6.07) is 9.92. The predicted octanol–water partition coefficient (Wildman–Crippen LogP) is 1.72. The third kappa shape index (κ3) is 4.42. The SMILES string of the molecule is CN(C)[C@@H](CNC(=O)C(=O)NCc1cccs1)c1ccc2c(c1)CCO2. The minimum absolute atomic E-state index is 0.0186. The Morgan fingerprint density at radius 3 is 2.77 bits per heavy atom. The van der Waals surface area contributed by atoms with E-state index in [9.17, 15) is 9.59 Å². The van der Waals surface area contributed by atoms with Crippen LogP contribution in [0.15, 0.2) is 35.7 Å². The number of rotatable bonds is 6. The first-order valence-electron chi connectivity index (χ1n) is 8.55. The summed E-state index contributed by atoms with van der Waals surface area (Å²) in [6.45, 7) is 1.44. The van der Waals surface area contributed by atoms with Crippen molar-refractivity contribution in [1.29, 1.82) is 0 Å². The van der Waals surface area contributed by atoms with Crippen molar-refractivity contribution in [2.45, 2.75) is 19.0 Å². The number of hydrogen-bond donors (Lipinski definition) is 2. The van der Waals surface area contributed by atoms with Crippen LogP contribution in [0.1, 0.15) is 22.0 Å². The fraction of sp³-hybridized carbons (Fsp3) is 0.368. The summed E-state index contributed by atoms with van der Waals surface area (Å²) in [5.74, 6) is -0.292. The monoisotopic (exact) mass is 373 g/mol. The number of nitrogens with zero attached hydrogens (tertiary/aromatic N) is 1. The second kappa shape index (κ2) is 8.33. The summed E-state index contributed by atoms with van der Waals surface area (Å²) in [4.78, 5) is 27.1. The Kier molecular flexibility index (Phi) is 5.90. The summed E-state index contributed by atoms with van der Waals surface area (Å²) in [7, 11) is 3.91. The van der Waals surface area contributed by atoms with Gasteiger partial charge in [0.2, 0.25) is 0 Å². The largest absolute Gasteiger partial charge is 0.493 e. The number of nitrogens with one attached hydrogen (secondary N) is 2. The van der Waals surface area contributed by atoms with Crippen LogP contribution in [0.25, 0.3) is 0 Å². The molecular weight excluding hydrogens is 350 g/mol. The maximum Gasteiger partial charge on any atom is 0.309 e. The minimum atomic E-state index is -0.613. The molecule has 6 nitrogen and oxygen atoms in total. The smallest absolute Gasteiger partial charge is 0.309 e. The normalized spacial score (nSPS) is 13.8. The molecule has 1 aliphatic heterocycles. The molecule has 0 fully saturated rings. The van der Waals surface area contributed by atoms with E-state index in [0.717, 1.165) is 22.6 Å². The van der Waals surface area contributed by atoms with Gasteiger partial charge in [0.1, 0.15) is 5.75 Å². The first-order chi connectivity index (χ1) is 12.5. The lowest BCUT2D eigenvalue weighted by atomic mass is 10.0. The van der Waals surface area contributed by atoms with Crippen LogP contribution in [0.3, 0.4) is 0 Å². The quantitative estimate of drug-likeness (QED) is 0.757. The molecule has 7 heteroatoms. The minimum Gasteiger partial charge on any atom is -0.493 e. The molecule has 2 aromatic rings. The molecule has 0 saturated heterocycles. The second-order valence-electron chi connectivity index (χ2n) is 6.42. The number of fused-ring (bicyclic) bond motifs is 1. The Bertz CT molecular complexity index is 774. The van der Waals surface area contributed by atoms with Crippen LogP contribution in [0, 0.1) is 0 Å². The zero-order valence-corrected chi connectivity index (χ0v) is 15.8. The van der Waals surface area contributed by atoms with Crippen molar-refractivity contribution in [2.75, 3.05) is 27.2 Å². The molecule has 1 atom stereocenters. The molecule has 1 aliphatic rings. The van der Waals surface area contributed by atoms with Crippen molar-refractivity contribution in [3.8, 4) is 5.75 Å². The van der Waals surface area contributed by atoms with Crippen LogP contribution < -0.4 is 15.4 Å². The average molecular weight is 373 g/mol. The third-order valence-electron chi connectivity index (χ3n) is 4.39. The summed E-state index contributed by atoms with van der Waals surface area (Å²) < 4.78 is 5.55. The van der Waals surface area contributed by atoms with Gasteiger partial charge in [0, 0.05) is 17.8 Å². The van der Waals surface area contributed by atoms with Gasteiger partial charge in [-0.2, -0.15) is 0 Å². The van der Waals surface area contributed by atoms with Crippen LogP contribution >= 0.6 is 11.3 Å². The summed E-state index contributed by atoms with van der Waals surface area (Å²) in [5, 5.41) is 7.32. The molecule has 0 saturated carbocycles. The van der Waals surface area contributed by atoms with Gasteiger partial charge in [-0.25, -0.2) is 0 Å². The van der Waals surface area contributed by atoms with Gasteiger partial charge in [-0.05, 0) is 42.7 Å². The van der Waals surface area contributed by atoms with Gasteiger partial charge >= 0.3 is 11.8 Å². The summed E-state index contributed by atoms with van der Waals surface area (Å²) in [6.07, 6.45) is 0.904. The highest BCUT2D eigenvalue weighted by Crippen LogP contribution is 2.29. The molecule has 0 aliphatic carbocycles. The molecule has 2 N–H and O–H groups in total. The number of thiophene rings is 1. The first-order valence-corrected chi connectivity index (χ1v) is 9.43. The fourth-order valence-corrected chi connectivity index (χ4v) is 3.59. The van der Waals surface area contributed by atoms with Crippen molar-refractivity contribution in [1.82, 2.24) is 15.5 Å². The topological polar surface area (TPSA) is 70.7 Å². The first kappa shape index (κ1) is 18.4. The molecule has 138 valence electrons. The Balaban J connectivity index is 1.56. The molecule has 3 rings (SSSR count). The van der Waals surface area contributed by atoms with E-state index >= 15 is 0 Å². The van der Waals surface area contributed by atoms with E-state index in [1.165, 1.54) is 5.56 Å². The Morgan fingerprint density at radius 2 is 2.04 bits per heavy atom. The van der Waals surface area contributed by atoms with Crippen LogP contribution in [0.2, 0.25) is 0 Å². The zero-order chi connectivity index (χ0) is 18.5. The number of benzene rings is 1. The van der Waals surface area contributed by atoms with Gasteiger partial charge in [-0.1, -0.05) is 18.2 Å². The summed E-state index contributed by atoms with van der Waals surface area (Å²) >= 11 is 1.54. The standard InChI is InChI=1S/C19H23N3O3S/c1-22(2)16(13-5-6-17-14(10-13)7-8-25-17)12-21-19(24)18(23)20-11-15-4-3-9-26-15/h3-6,9-10,16H,7-8,11-12H2,1-2H3,(H,20,23)(H,21,24)/t16-/m0/s1. The highest BCUT2D eigenvalue weighted by Gasteiger charge is 2.21. The van der Waals surface area contributed by atoms with E-state index in [-0.39, 0.29) is 6.04 Å². The summed E-state index contributed by atoms with van der Waals surface area (Å²) in [5.41, 5.74) is 2.29. The van der Waals surface area contributed by atoms with Crippen LogP contribution in [0.5, 0.6) is 5.75 Å². The van der Waals surface area contributed by atoms with Crippen molar-refractivity contribution >= 4 is 23.2 Å². The average Bonchev–Trinajstić information content (AvgIpc) is 3.30. The van der Waals surface area contributed by atoms with Crippen LogP contribution in [-0.2, 0) is 22.6 Å². The number of amides is 2. The molecule has 1 aromatic heterocycles. The molecule has 2 amide bonds. The predicted molar refractivity (Wildman–Crippen MR) is 101 cm³/mol. The van der Waals surface area contributed by atoms with E-state index in [1.807, 2.05) is 48.6 Å².